The van der Waals surface area contributed by atoms with Crippen LogP contribution in [0.5, 0.6) is 0 Å². The van der Waals surface area contributed by atoms with Crippen molar-refractivity contribution in [2.45, 2.75) is 11.4 Å². The van der Waals surface area contributed by atoms with Crippen molar-refractivity contribution in [2.75, 3.05) is 0 Å². The molecule has 0 aliphatic rings. The van der Waals surface area contributed by atoms with Crippen molar-refractivity contribution in [3.8, 4) is 0 Å². The molecule has 0 aliphatic carbocycles. The van der Waals surface area contributed by atoms with Gasteiger partial charge in [0, 0.05) is 0 Å². The molecular weight excluding hydrogens is 177 g/mol. The van der Waals surface area contributed by atoms with E-state index in [0.717, 1.165) is 0 Å². The predicted molar refractivity (Wildman–Crippen MR) is 29.2 cm³/mol. The second kappa shape index (κ2) is 3.57. The summed E-state index contributed by atoms with van der Waals surface area (Å²) in [5.74, 6) is -1.17. The number of nitroso groups, excluding NO2 is 1. The molecule has 4 nitrogen and oxygen atoms in total. The van der Waals surface area contributed by atoms with Crippen LogP contribution in [0.2, 0.25) is 5.32 Å². The first-order valence-electron chi connectivity index (χ1n) is 1.88. The van der Waals surface area contributed by atoms with Gasteiger partial charge in [0.1, 0.15) is 0 Å². The predicted octanol–water partition coefficient (Wildman–Crippen LogP) is -0.475. The van der Waals surface area contributed by atoms with Gasteiger partial charge in [-0.25, -0.2) is 0 Å². The van der Waals surface area contributed by atoms with Crippen LogP contribution in [-0.2, 0) is 4.79 Å². The van der Waals surface area contributed by atoms with Crippen LogP contribution in [0.25, 0.3) is 0 Å². The monoisotopic (exact) mass is 183 g/mol. The Morgan fingerprint density at radius 3 is 2.38 bits per heavy atom. The quantitative estimate of drug-likeness (QED) is 0.473. The molecule has 0 amide bonds. The van der Waals surface area contributed by atoms with Gasteiger partial charge in [0.2, 0.25) is 0 Å². The summed E-state index contributed by atoms with van der Waals surface area (Å²) in [5.41, 5.74) is 0. The number of carboxylic acid groups (broad SMARTS) is 1. The summed E-state index contributed by atoms with van der Waals surface area (Å²) in [4.78, 5) is 19.4. The first-order valence-corrected chi connectivity index (χ1v) is 3.21. The average Bonchev–Trinajstić information content (AvgIpc) is 1.69. The molecule has 1 N–H and O–H groups in total. The van der Waals surface area contributed by atoms with Gasteiger partial charge in [0.15, 0.2) is 0 Å². The first-order chi connectivity index (χ1) is 3.72. The van der Waals surface area contributed by atoms with Crippen LogP contribution in [0.4, 0.5) is 0 Å². The molecule has 0 aromatic heterocycles. The van der Waals surface area contributed by atoms with E-state index in [1.54, 1.807) is 0 Å². The van der Waals surface area contributed by atoms with Crippen LogP contribution < -0.4 is 0 Å². The van der Waals surface area contributed by atoms with Crippen LogP contribution in [0, 0.1) is 4.91 Å². The van der Waals surface area contributed by atoms with Gasteiger partial charge in [-0.15, -0.1) is 0 Å². The van der Waals surface area contributed by atoms with Gasteiger partial charge in [0.25, 0.3) is 0 Å². The zero-order valence-corrected chi connectivity index (χ0v) is 5.82. The van der Waals surface area contributed by atoms with Gasteiger partial charge in [0.05, 0.1) is 0 Å². The summed E-state index contributed by atoms with van der Waals surface area (Å²) in [6.45, 7) is 0. The molecule has 0 spiro atoms. The van der Waals surface area contributed by atoms with Crippen molar-refractivity contribution in [2.24, 2.45) is 5.18 Å². The molecule has 0 fully saturated rings. The topological polar surface area (TPSA) is 66.7 Å². The van der Waals surface area contributed by atoms with E-state index in [1.165, 1.54) is 0 Å². The Balaban J connectivity index is 3.69. The van der Waals surface area contributed by atoms with Crippen molar-refractivity contribution in [1.82, 2.24) is 0 Å². The van der Waals surface area contributed by atoms with Crippen LogP contribution in [0.15, 0.2) is 5.18 Å². The number of nitrogens with zero attached hydrogens (tertiary/aromatic N) is 1. The maximum absolute atomic E-state index is 9.86. The molecule has 5 heteroatoms. The number of aliphatic carboxylic acids is 1. The van der Waals surface area contributed by atoms with Gasteiger partial charge < -0.3 is 0 Å². The van der Waals surface area contributed by atoms with E-state index in [0.29, 0.717) is 0 Å². The molecule has 0 rings (SSSR count). The molecule has 0 aromatic carbocycles. The van der Waals surface area contributed by atoms with E-state index in [2.05, 4.69) is 5.18 Å². The van der Waals surface area contributed by atoms with E-state index >= 15 is 0 Å². The summed E-state index contributed by atoms with van der Waals surface area (Å²) in [6.07, 6.45) is 0. The van der Waals surface area contributed by atoms with Crippen LogP contribution >= 0.6 is 0 Å². The van der Waals surface area contributed by atoms with E-state index in [9.17, 15) is 9.70 Å². The van der Waals surface area contributed by atoms with Crippen molar-refractivity contribution in [3.05, 3.63) is 4.91 Å². The van der Waals surface area contributed by atoms with Crippen molar-refractivity contribution in [1.29, 1.82) is 0 Å². The van der Waals surface area contributed by atoms with Gasteiger partial charge >= 0.3 is 53.3 Å². The Morgan fingerprint density at radius 2 is 2.38 bits per heavy atom. The number of hydrogen-bond acceptors (Lipinski definition) is 3. The molecule has 46 valence electrons. The van der Waals surface area contributed by atoms with E-state index in [-0.39, 0.29) is 5.32 Å². The number of carbonyl (C=O) groups is 1. The van der Waals surface area contributed by atoms with E-state index in [1.807, 2.05) is 16.0 Å². The molecule has 1 atom stereocenters. The number of carboxylic acids is 1. The normalized spacial score (nSPS) is 12.6. The first kappa shape index (κ1) is 7.59. The molecule has 0 bridgehead atoms. The van der Waals surface area contributed by atoms with Crippen LogP contribution in [0.1, 0.15) is 0 Å². The molecule has 0 saturated carbocycles. The van der Waals surface area contributed by atoms with Gasteiger partial charge in [-0.05, 0) is 0 Å². The number of hydrogen-bond donors (Lipinski definition) is 1. The summed E-state index contributed by atoms with van der Waals surface area (Å²) in [7, 11) is 0. The van der Waals surface area contributed by atoms with Gasteiger partial charge in [-0.1, -0.05) is 0 Å². The molecule has 0 saturated heterocycles. The van der Waals surface area contributed by atoms with Gasteiger partial charge in [-0.2, -0.15) is 0 Å². The zero-order chi connectivity index (χ0) is 6.57. The number of rotatable bonds is 3. The Bertz CT molecular complexity index is 105. The third-order valence-corrected chi connectivity index (χ3v) is 1.31. The maximum atomic E-state index is 9.86. The Kier molecular flexibility index (Phi) is 3.39. The molecule has 0 radical (unpaired) electrons. The fourth-order valence-electron chi connectivity index (χ4n) is 0.157. The molecule has 0 aromatic rings. The summed E-state index contributed by atoms with van der Waals surface area (Å²) < 4.78 is 0. The average molecular weight is 182 g/mol. The Morgan fingerprint density at radius 1 is 1.88 bits per heavy atom. The summed E-state index contributed by atoms with van der Waals surface area (Å²) in [5, 5.41) is 10.6. The van der Waals surface area contributed by atoms with Crippen molar-refractivity contribution >= 4 is 22.0 Å². The van der Waals surface area contributed by atoms with Crippen molar-refractivity contribution < 1.29 is 9.90 Å². The van der Waals surface area contributed by atoms with Crippen LogP contribution in [-0.4, -0.2) is 33.1 Å². The second-order valence-electron chi connectivity index (χ2n) is 1.14. The minimum absolute atomic E-state index is 0.200. The molecular formula is C3H5NO3Se. The fourth-order valence-corrected chi connectivity index (χ4v) is 0.624. The molecule has 0 aliphatic heterocycles. The second-order valence-corrected chi connectivity index (χ2v) is 1.91. The van der Waals surface area contributed by atoms with Crippen LogP contribution in [0.3, 0.4) is 0 Å². The third-order valence-electron chi connectivity index (χ3n) is 0.585. The van der Waals surface area contributed by atoms with E-state index < -0.39 is 12.0 Å². The Labute approximate surface area is 54.1 Å². The summed E-state index contributed by atoms with van der Waals surface area (Å²) >= 11 is 2.00. The van der Waals surface area contributed by atoms with Gasteiger partial charge in [-0.3, -0.25) is 0 Å². The fraction of sp³-hybridized carbons (Fsp3) is 0.667. The Hall–Kier alpha value is -0.411. The van der Waals surface area contributed by atoms with Crippen molar-refractivity contribution in [3.63, 3.8) is 0 Å². The third kappa shape index (κ3) is 2.04. The molecule has 8 heavy (non-hydrogen) atoms. The van der Waals surface area contributed by atoms with E-state index in [4.69, 9.17) is 5.11 Å². The SMILES string of the molecule is O=NC(C[SeH])C(=O)O. The zero-order valence-electron chi connectivity index (χ0n) is 3.94. The molecule has 1 unspecified atom stereocenters. The minimum atomic E-state index is -1.17. The summed E-state index contributed by atoms with van der Waals surface area (Å²) in [6, 6.07) is -1.09. The molecule has 0 heterocycles. The standard InChI is InChI=1S/C3H5NO3Se/c5-3(6)2(1-8)4-7/h2,8H,1H2,(H,5,6).